The Kier molecular flexibility index (Phi) is 8.83. The van der Waals surface area contributed by atoms with Gasteiger partial charge in [0.15, 0.2) is 0 Å². The number of unbranched alkanes of at least 4 members (excludes halogenated alkanes) is 1. The molecular formula is C19H32N2O. The van der Waals surface area contributed by atoms with Crippen molar-refractivity contribution < 1.29 is 4.74 Å². The van der Waals surface area contributed by atoms with E-state index in [1.807, 2.05) is 0 Å². The second kappa shape index (κ2) is 10.4. The maximum absolute atomic E-state index is 5.41. The van der Waals surface area contributed by atoms with Crippen LogP contribution in [0.1, 0.15) is 53.9 Å². The Morgan fingerprint density at radius 3 is 2.36 bits per heavy atom. The van der Waals surface area contributed by atoms with Gasteiger partial charge in [-0.05, 0) is 51.3 Å². The van der Waals surface area contributed by atoms with Gasteiger partial charge in [-0.25, -0.2) is 0 Å². The third-order valence-electron chi connectivity index (χ3n) is 3.96. The topological polar surface area (TPSA) is 24.8 Å². The lowest BCUT2D eigenvalue weighted by molar-refractivity contribution is 0.0537. The Labute approximate surface area is 136 Å². The van der Waals surface area contributed by atoms with Crippen LogP contribution in [0, 0.1) is 0 Å². The van der Waals surface area contributed by atoms with Gasteiger partial charge >= 0.3 is 0 Å². The quantitative estimate of drug-likeness (QED) is 0.502. The molecule has 1 fully saturated rings. The Balaban J connectivity index is 2.93. The van der Waals surface area contributed by atoms with Gasteiger partial charge in [-0.1, -0.05) is 26.3 Å². The molecule has 3 heteroatoms. The summed E-state index contributed by atoms with van der Waals surface area (Å²) in [6.45, 7) is 14.4. The molecule has 0 aromatic rings. The van der Waals surface area contributed by atoms with Crippen molar-refractivity contribution in [2.75, 3.05) is 26.3 Å². The predicted octanol–water partition coefficient (Wildman–Crippen LogP) is 4.72. The van der Waals surface area contributed by atoms with Gasteiger partial charge in [0.05, 0.1) is 18.9 Å². The first-order chi connectivity index (χ1) is 10.6. The van der Waals surface area contributed by atoms with E-state index < -0.39 is 0 Å². The average molecular weight is 304 g/mol. The molecule has 0 saturated carbocycles. The van der Waals surface area contributed by atoms with Crippen LogP contribution in [-0.4, -0.2) is 36.9 Å². The summed E-state index contributed by atoms with van der Waals surface area (Å²) in [5.74, 6) is 0. The minimum Gasteiger partial charge on any atom is -0.378 e. The molecule has 22 heavy (non-hydrogen) atoms. The minimum absolute atomic E-state index is 0.824. The van der Waals surface area contributed by atoms with Crippen molar-refractivity contribution >= 4 is 5.71 Å². The lowest BCUT2D eigenvalue weighted by Crippen LogP contribution is -2.34. The van der Waals surface area contributed by atoms with Crippen molar-refractivity contribution in [2.24, 2.45) is 4.99 Å². The first-order valence-corrected chi connectivity index (χ1v) is 8.51. The molecular weight excluding hydrogens is 272 g/mol. The fourth-order valence-corrected chi connectivity index (χ4v) is 2.23. The third-order valence-corrected chi connectivity index (χ3v) is 3.96. The van der Waals surface area contributed by atoms with Gasteiger partial charge in [0.25, 0.3) is 0 Å². The summed E-state index contributed by atoms with van der Waals surface area (Å²) in [5.41, 5.74) is 4.81. The van der Waals surface area contributed by atoms with Gasteiger partial charge in [0, 0.05) is 24.5 Å². The number of ether oxygens (including phenoxy) is 1. The van der Waals surface area contributed by atoms with Gasteiger partial charge in [0.2, 0.25) is 0 Å². The number of allylic oxidation sites excluding steroid dienone is 5. The number of hydrogen-bond acceptors (Lipinski definition) is 3. The first kappa shape index (κ1) is 18.7. The van der Waals surface area contributed by atoms with Gasteiger partial charge in [-0.2, -0.15) is 0 Å². The lowest BCUT2D eigenvalue weighted by Gasteiger charge is -2.29. The smallest absolute Gasteiger partial charge is 0.0655 e. The van der Waals surface area contributed by atoms with Crippen LogP contribution in [0.5, 0.6) is 0 Å². The van der Waals surface area contributed by atoms with Crippen LogP contribution < -0.4 is 0 Å². The van der Waals surface area contributed by atoms with Crippen LogP contribution in [-0.2, 0) is 4.74 Å². The zero-order chi connectivity index (χ0) is 16.4. The normalized spacial score (nSPS) is 18.9. The Hall–Kier alpha value is -1.35. The van der Waals surface area contributed by atoms with Crippen molar-refractivity contribution in [2.45, 2.75) is 53.9 Å². The summed E-state index contributed by atoms with van der Waals surface area (Å²) in [6, 6.07) is 0. The molecule has 1 aliphatic heterocycles. The molecule has 0 aromatic carbocycles. The van der Waals surface area contributed by atoms with Crippen LogP contribution in [0.25, 0.3) is 0 Å². The summed E-state index contributed by atoms with van der Waals surface area (Å²) < 4.78 is 5.41. The van der Waals surface area contributed by atoms with Gasteiger partial charge in [-0.15, -0.1) is 0 Å². The Bertz CT molecular complexity index is 452. The monoisotopic (exact) mass is 304 g/mol. The summed E-state index contributed by atoms with van der Waals surface area (Å²) in [4.78, 5) is 7.16. The molecule has 1 heterocycles. The molecule has 0 radical (unpaired) electrons. The Morgan fingerprint density at radius 1 is 1.09 bits per heavy atom. The summed E-state index contributed by atoms with van der Waals surface area (Å²) in [6.07, 6.45) is 9.91. The molecule has 1 saturated heterocycles. The van der Waals surface area contributed by atoms with Crippen LogP contribution in [0.4, 0.5) is 0 Å². The van der Waals surface area contributed by atoms with E-state index in [0.29, 0.717) is 0 Å². The van der Waals surface area contributed by atoms with Crippen LogP contribution >= 0.6 is 0 Å². The van der Waals surface area contributed by atoms with E-state index in [2.05, 4.69) is 57.7 Å². The van der Waals surface area contributed by atoms with E-state index in [0.717, 1.165) is 44.8 Å². The maximum atomic E-state index is 5.41. The summed E-state index contributed by atoms with van der Waals surface area (Å²) in [7, 11) is 0. The molecule has 0 atom stereocenters. The number of hydrogen-bond donors (Lipinski definition) is 0. The minimum atomic E-state index is 0.824. The van der Waals surface area contributed by atoms with Crippen LogP contribution in [0.3, 0.4) is 0 Å². The molecule has 0 N–H and O–H groups in total. The van der Waals surface area contributed by atoms with Crippen molar-refractivity contribution in [1.29, 1.82) is 0 Å². The highest BCUT2D eigenvalue weighted by molar-refractivity contribution is 5.83. The summed E-state index contributed by atoms with van der Waals surface area (Å²) >= 11 is 0. The summed E-state index contributed by atoms with van der Waals surface area (Å²) in [5, 5.41) is 0. The SMILES string of the molecule is CCC/C=C(C)/C(=C\C=C(/C)N1CCOCC1)N=C(C)CC. The van der Waals surface area contributed by atoms with E-state index in [1.54, 1.807) is 0 Å². The largest absolute Gasteiger partial charge is 0.378 e. The number of aliphatic imine (C=N–C) groups is 1. The van der Waals surface area contributed by atoms with Gasteiger partial charge < -0.3 is 9.64 Å². The lowest BCUT2D eigenvalue weighted by atomic mass is 10.1. The molecule has 1 rings (SSSR count). The highest BCUT2D eigenvalue weighted by atomic mass is 16.5. The van der Waals surface area contributed by atoms with Crippen molar-refractivity contribution in [3.63, 3.8) is 0 Å². The van der Waals surface area contributed by atoms with Crippen LogP contribution in [0.2, 0.25) is 0 Å². The van der Waals surface area contributed by atoms with E-state index in [1.165, 1.54) is 23.4 Å². The van der Waals surface area contributed by atoms with E-state index in [9.17, 15) is 0 Å². The van der Waals surface area contributed by atoms with Crippen molar-refractivity contribution in [1.82, 2.24) is 4.90 Å². The highest BCUT2D eigenvalue weighted by Gasteiger charge is 2.09. The fourth-order valence-electron chi connectivity index (χ4n) is 2.23. The second-order valence-corrected chi connectivity index (χ2v) is 5.84. The average Bonchev–Trinajstić information content (AvgIpc) is 2.56. The zero-order valence-corrected chi connectivity index (χ0v) is 15.0. The second-order valence-electron chi connectivity index (χ2n) is 5.84. The predicted molar refractivity (Wildman–Crippen MR) is 96.3 cm³/mol. The van der Waals surface area contributed by atoms with Gasteiger partial charge in [0.1, 0.15) is 0 Å². The molecule has 0 unspecified atom stereocenters. The van der Waals surface area contributed by atoms with E-state index >= 15 is 0 Å². The molecule has 0 amide bonds. The molecule has 0 aliphatic carbocycles. The number of morpholine rings is 1. The van der Waals surface area contributed by atoms with Crippen LogP contribution in [0.15, 0.2) is 40.2 Å². The van der Waals surface area contributed by atoms with E-state index in [4.69, 9.17) is 9.73 Å². The van der Waals surface area contributed by atoms with Crippen molar-refractivity contribution in [3.05, 3.63) is 35.2 Å². The molecule has 1 aliphatic rings. The molecule has 0 bridgehead atoms. The highest BCUT2D eigenvalue weighted by Crippen LogP contribution is 2.15. The molecule has 0 spiro atoms. The maximum Gasteiger partial charge on any atom is 0.0655 e. The molecule has 0 aromatic heterocycles. The standard InChI is InChI=1S/C19H32N2O/c1-6-8-9-16(3)19(20-17(4)7-2)11-10-18(5)21-12-14-22-15-13-21/h9-11H,6-8,12-15H2,1-5H3/b16-9+,18-10+,19-11+,20-17?. The first-order valence-electron chi connectivity index (χ1n) is 8.51. The number of rotatable bonds is 7. The zero-order valence-electron chi connectivity index (χ0n) is 15.0. The third kappa shape index (κ3) is 6.61. The molecule has 124 valence electrons. The Morgan fingerprint density at radius 2 is 1.77 bits per heavy atom. The van der Waals surface area contributed by atoms with Gasteiger partial charge in [-0.3, -0.25) is 4.99 Å². The fraction of sp³-hybridized carbons (Fsp3) is 0.632. The van der Waals surface area contributed by atoms with E-state index in [-0.39, 0.29) is 0 Å². The number of nitrogens with zero attached hydrogens (tertiary/aromatic N) is 2. The van der Waals surface area contributed by atoms with Crippen molar-refractivity contribution in [3.8, 4) is 0 Å². The molecule has 3 nitrogen and oxygen atoms in total.